The maximum atomic E-state index is 5.53. The molecule has 1 aliphatic carbocycles. The zero-order valence-electron chi connectivity index (χ0n) is 10.2. The first-order valence-corrected chi connectivity index (χ1v) is 6.54. The van der Waals surface area contributed by atoms with E-state index >= 15 is 0 Å². The molecule has 2 heteroatoms. The minimum Gasteiger partial charge on any atom is -0.380 e. The predicted molar refractivity (Wildman–Crippen MR) is 63.0 cm³/mol. The third kappa shape index (κ3) is 2.94. The van der Waals surface area contributed by atoms with Crippen molar-refractivity contribution in [1.82, 2.24) is 5.32 Å². The Morgan fingerprint density at radius 3 is 2.40 bits per heavy atom. The first kappa shape index (κ1) is 11.4. The summed E-state index contributed by atoms with van der Waals surface area (Å²) in [5.74, 6) is 0.874. The van der Waals surface area contributed by atoms with Gasteiger partial charge in [-0.05, 0) is 45.4 Å². The highest BCUT2D eigenvalue weighted by molar-refractivity contribution is 4.91. The highest BCUT2D eigenvalue weighted by Crippen LogP contribution is 2.34. The van der Waals surface area contributed by atoms with Gasteiger partial charge in [0, 0.05) is 18.2 Å². The first-order chi connectivity index (χ1) is 7.18. The largest absolute Gasteiger partial charge is 0.380 e. The molecule has 0 radical (unpaired) electrons. The summed E-state index contributed by atoms with van der Waals surface area (Å²) in [6.45, 7) is 6.62. The van der Waals surface area contributed by atoms with E-state index in [1.165, 1.54) is 38.5 Å². The molecule has 2 nitrogen and oxygen atoms in total. The summed E-state index contributed by atoms with van der Waals surface area (Å²) in [4.78, 5) is 0. The summed E-state index contributed by atoms with van der Waals surface area (Å²) in [7, 11) is 0. The van der Waals surface area contributed by atoms with Gasteiger partial charge in [-0.1, -0.05) is 12.8 Å². The third-order valence-electron chi connectivity index (χ3n) is 4.11. The molecule has 0 spiro atoms. The molecule has 0 bridgehead atoms. The van der Waals surface area contributed by atoms with Crippen LogP contribution < -0.4 is 5.32 Å². The second-order valence-corrected chi connectivity index (χ2v) is 5.76. The lowest BCUT2D eigenvalue weighted by Crippen LogP contribution is -2.52. The van der Waals surface area contributed by atoms with Gasteiger partial charge in [-0.15, -0.1) is 0 Å². The van der Waals surface area contributed by atoms with Crippen molar-refractivity contribution in [1.29, 1.82) is 0 Å². The van der Waals surface area contributed by atoms with Crippen LogP contribution in [-0.4, -0.2) is 24.8 Å². The van der Waals surface area contributed by atoms with Crippen molar-refractivity contribution >= 4 is 0 Å². The molecular weight excluding hydrogens is 186 g/mol. The van der Waals surface area contributed by atoms with Crippen molar-refractivity contribution in [3.05, 3.63) is 0 Å². The topological polar surface area (TPSA) is 21.3 Å². The van der Waals surface area contributed by atoms with Gasteiger partial charge in [0.05, 0.1) is 6.61 Å². The van der Waals surface area contributed by atoms with E-state index in [1.807, 2.05) is 0 Å². The van der Waals surface area contributed by atoms with Gasteiger partial charge in [-0.25, -0.2) is 0 Å². The van der Waals surface area contributed by atoms with E-state index < -0.39 is 0 Å². The lowest BCUT2D eigenvalue weighted by atomic mass is 9.85. The SMILES string of the molecule is CC(C)(NC1CCCOC1)C1CCCC1. The van der Waals surface area contributed by atoms with Crippen molar-refractivity contribution in [2.24, 2.45) is 5.92 Å². The summed E-state index contributed by atoms with van der Waals surface area (Å²) in [5.41, 5.74) is 0.307. The molecule has 1 saturated carbocycles. The summed E-state index contributed by atoms with van der Waals surface area (Å²) < 4.78 is 5.53. The monoisotopic (exact) mass is 211 g/mol. The molecule has 1 saturated heterocycles. The molecule has 0 amide bonds. The zero-order valence-corrected chi connectivity index (χ0v) is 10.2. The fourth-order valence-corrected chi connectivity index (χ4v) is 3.15. The molecule has 15 heavy (non-hydrogen) atoms. The molecule has 1 atom stereocenters. The Labute approximate surface area is 93.8 Å². The van der Waals surface area contributed by atoms with E-state index in [0.29, 0.717) is 11.6 Å². The maximum Gasteiger partial charge on any atom is 0.0619 e. The van der Waals surface area contributed by atoms with Crippen molar-refractivity contribution in [3.63, 3.8) is 0 Å². The summed E-state index contributed by atoms with van der Waals surface area (Å²) in [5, 5.41) is 3.81. The third-order valence-corrected chi connectivity index (χ3v) is 4.11. The fourth-order valence-electron chi connectivity index (χ4n) is 3.15. The van der Waals surface area contributed by atoms with Crippen LogP contribution in [0.4, 0.5) is 0 Å². The highest BCUT2D eigenvalue weighted by Gasteiger charge is 2.33. The van der Waals surface area contributed by atoms with Crippen molar-refractivity contribution < 1.29 is 4.74 Å². The number of ether oxygens (including phenoxy) is 1. The van der Waals surface area contributed by atoms with Crippen LogP contribution in [0, 0.1) is 5.92 Å². The van der Waals surface area contributed by atoms with Gasteiger partial charge in [0.15, 0.2) is 0 Å². The van der Waals surface area contributed by atoms with E-state index in [-0.39, 0.29) is 0 Å². The molecule has 1 unspecified atom stereocenters. The first-order valence-electron chi connectivity index (χ1n) is 6.54. The van der Waals surface area contributed by atoms with Crippen LogP contribution in [0.5, 0.6) is 0 Å². The van der Waals surface area contributed by atoms with Crippen LogP contribution >= 0.6 is 0 Å². The quantitative estimate of drug-likeness (QED) is 0.775. The Balaban J connectivity index is 1.84. The van der Waals surface area contributed by atoms with Crippen LogP contribution in [0.2, 0.25) is 0 Å². The van der Waals surface area contributed by atoms with Crippen LogP contribution in [0.1, 0.15) is 52.4 Å². The van der Waals surface area contributed by atoms with Crippen molar-refractivity contribution in [2.75, 3.05) is 13.2 Å². The molecule has 0 aromatic rings. The summed E-state index contributed by atoms with van der Waals surface area (Å²) in [6.07, 6.45) is 8.18. The molecule has 2 rings (SSSR count). The summed E-state index contributed by atoms with van der Waals surface area (Å²) >= 11 is 0. The van der Waals surface area contributed by atoms with Gasteiger partial charge in [-0.2, -0.15) is 0 Å². The van der Waals surface area contributed by atoms with Crippen molar-refractivity contribution in [3.8, 4) is 0 Å². The van der Waals surface area contributed by atoms with Gasteiger partial charge in [-0.3, -0.25) is 0 Å². The molecule has 1 N–H and O–H groups in total. The summed E-state index contributed by atoms with van der Waals surface area (Å²) in [6, 6.07) is 0.592. The Hall–Kier alpha value is -0.0800. The highest BCUT2D eigenvalue weighted by atomic mass is 16.5. The molecule has 0 aromatic carbocycles. The molecule has 1 heterocycles. The predicted octanol–water partition coefficient (Wildman–Crippen LogP) is 2.72. The molecule has 0 aromatic heterocycles. The molecule has 88 valence electrons. The zero-order chi connectivity index (χ0) is 10.7. The van der Waals surface area contributed by atoms with Crippen molar-refractivity contribution in [2.45, 2.75) is 64.0 Å². The second kappa shape index (κ2) is 4.84. The van der Waals surface area contributed by atoms with E-state index in [4.69, 9.17) is 4.74 Å². The normalized spacial score (nSPS) is 29.6. The number of hydrogen-bond donors (Lipinski definition) is 1. The number of rotatable bonds is 3. The molecule has 2 fully saturated rings. The van der Waals surface area contributed by atoms with Crippen LogP contribution in [-0.2, 0) is 4.74 Å². The van der Waals surface area contributed by atoms with Crippen LogP contribution in [0.15, 0.2) is 0 Å². The van der Waals surface area contributed by atoms with Crippen LogP contribution in [0.25, 0.3) is 0 Å². The standard InChI is InChI=1S/C13H25NO/c1-13(2,11-6-3-4-7-11)14-12-8-5-9-15-10-12/h11-12,14H,3-10H2,1-2H3. The van der Waals surface area contributed by atoms with E-state index in [2.05, 4.69) is 19.2 Å². The lowest BCUT2D eigenvalue weighted by molar-refractivity contribution is 0.0535. The minimum atomic E-state index is 0.307. The van der Waals surface area contributed by atoms with Gasteiger partial charge in [0.2, 0.25) is 0 Å². The Morgan fingerprint density at radius 2 is 1.80 bits per heavy atom. The molecule has 1 aliphatic heterocycles. The average molecular weight is 211 g/mol. The van der Waals surface area contributed by atoms with E-state index in [1.54, 1.807) is 0 Å². The smallest absolute Gasteiger partial charge is 0.0619 e. The molecular formula is C13H25NO. The number of nitrogens with one attached hydrogen (secondary N) is 1. The second-order valence-electron chi connectivity index (χ2n) is 5.76. The van der Waals surface area contributed by atoms with E-state index in [9.17, 15) is 0 Å². The Kier molecular flexibility index (Phi) is 3.68. The van der Waals surface area contributed by atoms with Gasteiger partial charge in [0.25, 0.3) is 0 Å². The Bertz CT molecular complexity index is 191. The molecule has 2 aliphatic rings. The maximum absolute atomic E-state index is 5.53. The van der Waals surface area contributed by atoms with Gasteiger partial charge >= 0.3 is 0 Å². The van der Waals surface area contributed by atoms with E-state index in [0.717, 1.165) is 19.1 Å². The average Bonchev–Trinajstić information content (AvgIpc) is 2.71. The van der Waals surface area contributed by atoms with Crippen LogP contribution in [0.3, 0.4) is 0 Å². The fraction of sp³-hybridized carbons (Fsp3) is 1.00. The lowest BCUT2D eigenvalue weighted by Gasteiger charge is -2.38. The number of hydrogen-bond acceptors (Lipinski definition) is 2. The minimum absolute atomic E-state index is 0.307. The van der Waals surface area contributed by atoms with Gasteiger partial charge < -0.3 is 10.1 Å². The Morgan fingerprint density at radius 1 is 1.07 bits per heavy atom. The van der Waals surface area contributed by atoms with Gasteiger partial charge in [0.1, 0.15) is 0 Å².